The second-order valence-corrected chi connectivity index (χ2v) is 12.1. The van der Waals surface area contributed by atoms with Crippen LogP contribution in [0.5, 0.6) is 5.75 Å². The molecule has 1 aliphatic heterocycles. The van der Waals surface area contributed by atoms with Crippen LogP contribution in [-0.2, 0) is 7.59 Å². The number of benzene rings is 2. The van der Waals surface area contributed by atoms with E-state index in [2.05, 4.69) is 0 Å². The van der Waals surface area contributed by atoms with E-state index in [0.717, 1.165) is 19.6 Å². The minimum absolute atomic E-state index is 0.425. The molecule has 0 amide bonds. The molecule has 0 fully saturated rings. The van der Waals surface area contributed by atoms with Crippen molar-refractivity contribution in [3.8, 4) is 5.75 Å². The Morgan fingerprint density at radius 1 is 0.800 bits per heavy atom. The monoisotopic (exact) mass is 512 g/mol. The Balaban J connectivity index is 2.19. The van der Waals surface area contributed by atoms with Gasteiger partial charge >= 0.3 is 0 Å². The third-order valence-electron chi connectivity index (χ3n) is 3.34. The van der Waals surface area contributed by atoms with Crippen LogP contribution in [0.3, 0.4) is 0 Å². The lowest BCUT2D eigenvalue weighted by atomic mass is 10.1. The maximum Gasteiger partial charge on any atom is 0.217 e. The van der Waals surface area contributed by atoms with Crippen LogP contribution in [-0.4, -0.2) is 7.11 Å². The summed E-state index contributed by atoms with van der Waals surface area (Å²) >= 11 is 45.7. The lowest BCUT2D eigenvalue weighted by molar-refractivity contribution is 0.413. The van der Waals surface area contributed by atoms with E-state index in [-0.39, 0.29) is 0 Å². The highest BCUT2D eigenvalue weighted by Gasteiger charge is 2.35. The molecule has 10 heteroatoms. The van der Waals surface area contributed by atoms with Gasteiger partial charge in [0.25, 0.3) is 0 Å². The topological polar surface area (TPSA) is 9.23 Å². The molecule has 0 saturated heterocycles. The Hall–Kier alpha value is 0.970. The van der Waals surface area contributed by atoms with Crippen molar-refractivity contribution in [3.63, 3.8) is 0 Å². The van der Waals surface area contributed by atoms with E-state index in [1.807, 2.05) is 12.1 Å². The predicted octanol–water partition coefficient (Wildman–Crippen LogP) is 8.62. The summed E-state index contributed by atoms with van der Waals surface area (Å²) in [4.78, 5) is 3.50. The second kappa shape index (κ2) is 7.42. The Morgan fingerprint density at radius 3 is 2.00 bits per heavy atom. The van der Waals surface area contributed by atoms with Crippen molar-refractivity contribution < 1.29 is 4.74 Å². The largest absolute Gasteiger partial charge is 0.495 e. The molecule has 1 aliphatic rings. The van der Waals surface area contributed by atoms with Crippen molar-refractivity contribution in [2.75, 3.05) is 7.11 Å². The Bertz CT molecular complexity index is 843. The van der Waals surface area contributed by atoms with Gasteiger partial charge in [0.2, 0.25) is 7.59 Å². The SMILES string of the molecule is COc1cc2c(cc1Cl)Sc1cc(C(Cl)(Cl)Cl)cc(C(Cl)(Cl)Cl)c1S2. The van der Waals surface area contributed by atoms with Crippen LogP contribution in [0, 0.1) is 0 Å². The summed E-state index contributed by atoms with van der Waals surface area (Å²) in [5.41, 5.74) is 0.877. The molecule has 1 heterocycles. The average Bonchev–Trinajstić information content (AvgIpc) is 2.49. The predicted molar refractivity (Wildman–Crippen MR) is 111 cm³/mol. The number of rotatable bonds is 1. The van der Waals surface area contributed by atoms with Crippen molar-refractivity contribution in [3.05, 3.63) is 40.4 Å². The molecule has 0 unspecified atom stereocenters. The van der Waals surface area contributed by atoms with Gasteiger partial charge in [-0.2, -0.15) is 0 Å². The van der Waals surface area contributed by atoms with Crippen LogP contribution < -0.4 is 4.74 Å². The fraction of sp³-hybridized carbons (Fsp3) is 0.200. The number of alkyl halides is 6. The smallest absolute Gasteiger partial charge is 0.217 e. The van der Waals surface area contributed by atoms with Crippen molar-refractivity contribution in [2.24, 2.45) is 0 Å². The molecule has 2 aromatic carbocycles. The Morgan fingerprint density at radius 2 is 1.44 bits per heavy atom. The first-order valence-electron chi connectivity index (χ1n) is 6.56. The molecule has 3 rings (SSSR count). The van der Waals surface area contributed by atoms with Crippen molar-refractivity contribution in [2.45, 2.75) is 27.2 Å². The van der Waals surface area contributed by atoms with E-state index in [1.165, 1.54) is 23.5 Å². The first-order valence-corrected chi connectivity index (χ1v) is 10.8. The van der Waals surface area contributed by atoms with E-state index >= 15 is 0 Å². The second-order valence-electron chi connectivity index (χ2n) is 4.98. The van der Waals surface area contributed by atoms with E-state index in [4.69, 9.17) is 85.9 Å². The summed E-state index contributed by atoms with van der Waals surface area (Å²) < 4.78 is 1.97. The zero-order valence-electron chi connectivity index (χ0n) is 12.2. The van der Waals surface area contributed by atoms with Crippen molar-refractivity contribution in [1.82, 2.24) is 0 Å². The average molecular weight is 516 g/mol. The van der Waals surface area contributed by atoms with E-state index in [1.54, 1.807) is 19.2 Å². The number of hydrogen-bond acceptors (Lipinski definition) is 3. The molecule has 0 spiro atoms. The molecule has 134 valence electrons. The van der Waals surface area contributed by atoms with Gasteiger partial charge in [0.05, 0.1) is 12.1 Å². The van der Waals surface area contributed by atoms with Gasteiger partial charge in [-0.25, -0.2) is 0 Å². The molecule has 0 radical (unpaired) electrons. The van der Waals surface area contributed by atoms with Crippen LogP contribution in [0.15, 0.2) is 43.8 Å². The quantitative estimate of drug-likeness (QED) is 0.300. The standard InChI is InChI=1S/C15H7Cl7OS2/c1-23-9-5-11-10(4-8(9)16)24-12-3-6(14(17,18)19)2-7(13(12)25-11)15(20,21)22/h2-5H,1H3. The molecule has 25 heavy (non-hydrogen) atoms. The summed E-state index contributed by atoms with van der Waals surface area (Å²) in [6, 6.07) is 7.06. The maximum absolute atomic E-state index is 6.22. The molecule has 0 aromatic heterocycles. The number of ether oxygens (including phenoxy) is 1. The normalized spacial score (nSPS) is 14.1. The lowest BCUT2D eigenvalue weighted by Crippen LogP contribution is -2.10. The first kappa shape index (κ1) is 20.7. The van der Waals surface area contributed by atoms with Gasteiger partial charge in [0, 0.05) is 30.7 Å². The molecule has 1 nitrogen and oxygen atoms in total. The fourth-order valence-electron chi connectivity index (χ4n) is 2.22. The van der Waals surface area contributed by atoms with Crippen LogP contribution in [0.25, 0.3) is 0 Å². The van der Waals surface area contributed by atoms with Gasteiger partial charge in [0.15, 0.2) is 0 Å². The maximum atomic E-state index is 6.22. The van der Waals surface area contributed by atoms with Gasteiger partial charge < -0.3 is 4.74 Å². The molecule has 2 aromatic rings. The zero-order valence-corrected chi connectivity index (χ0v) is 19.1. The number of halogens is 7. The van der Waals surface area contributed by atoms with Crippen molar-refractivity contribution in [1.29, 1.82) is 0 Å². The van der Waals surface area contributed by atoms with Gasteiger partial charge in [0.1, 0.15) is 5.75 Å². The number of hydrogen-bond donors (Lipinski definition) is 0. The van der Waals surface area contributed by atoms with Gasteiger partial charge in [-0.3, -0.25) is 0 Å². The summed E-state index contributed by atoms with van der Waals surface area (Å²) in [7, 11) is 1.56. The lowest BCUT2D eigenvalue weighted by Gasteiger charge is -2.26. The molecular weight excluding hydrogens is 508 g/mol. The van der Waals surface area contributed by atoms with Crippen LogP contribution in [0.2, 0.25) is 5.02 Å². The molecular formula is C15H7Cl7OS2. The molecule has 0 bridgehead atoms. The van der Waals surface area contributed by atoms with E-state index in [9.17, 15) is 0 Å². The van der Waals surface area contributed by atoms with E-state index < -0.39 is 7.59 Å². The third-order valence-corrected chi connectivity index (χ3v) is 7.46. The van der Waals surface area contributed by atoms with Crippen LogP contribution in [0.1, 0.15) is 11.1 Å². The Kier molecular flexibility index (Phi) is 6.14. The molecule has 0 saturated carbocycles. The first-order chi connectivity index (χ1) is 11.5. The highest BCUT2D eigenvalue weighted by molar-refractivity contribution is 8.05. The molecule has 0 N–H and O–H groups in total. The summed E-state index contributed by atoms with van der Waals surface area (Å²) in [5, 5.41) is 0.511. The van der Waals surface area contributed by atoms with Crippen LogP contribution in [0.4, 0.5) is 0 Å². The Labute approximate surface area is 188 Å². The van der Waals surface area contributed by atoms with E-state index in [0.29, 0.717) is 21.9 Å². The molecule has 0 aliphatic carbocycles. The van der Waals surface area contributed by atoms with Gasteiger partial charge in [-0.05, 0) is 24.3 Å². The van der Waals surface area contributed by atoms with Crippen molar-refractivity contribution >= 4 is 105 Å². The van der Waals surface area contributed by atoms with Gasteiger partial charge in [-0.15, -0.1) is 0 Å². The van der Waals surface area contributed by atoms with Gasteiger partial charge in [-0.1, -0.05) is 105 Å². The molecule has 0 atom stereocenters. The fourth-order valence-corrected chi connectivity index (χ4v) is 5.96. The summed E-state index contributed by atoms with van der Waals surface area (Å²) in [6.45, 7) is 0. The number of methoxy groups -OCH3 is 1. The zero-order chi connectivity index (χ0) is 18.6. The summed E-state index contributed by atoms with van der Waals surface area (Å²) in [6.07, 6.45) is 0. The van der Waals surface area contributed by atoms with Crippen LogP contribution >= 0.6 is 105 Å². The number of fused-ring (bicyclic) bond motifs is 2. The summed E-state index contributed by atoms with van der Waals surface area (Å²) in [5.74, 6) is 0.574. The highest BCUT2D eigenvalue weighted by atomic mass is 35.6. The minimum atomic E-state index is -1.67. The highest BCUT2D eigenvalue weighted by Crippen LogP contribution is 2.57. The third kappa shape index (κ3) is 4.36. The minimum Gasteiger partial charge on any atom is -0.495 e.